The van der Waals surface area contributed by atoms with E-state index >= 15 is 0 Å². The van der Waals surface area contributed by atoms with Crippen molar-refractivity contribution in [1.82, 2.24) is 15.2 Å². The smallest absolute Gasteiger partial charge is 0.317 e. The Hall–Kier alpha value is -1.44. The number of rotatable bonds is 3. The number of thiazole rings is 1. The molecule has 0 saturated carbocycles. The third-order valence-electron chi connectivity index (χ3n) is 5.41. The summed E-state index contributed by atoms with van der Waals surface area (Å²) in [5.41, 5.74) is 0.812. The maximum atomic E-state index is 12.6. The number of amides is 2. The van der Waals surface area contributed by atoms with Crippen molar-refractivity contribution < 1.29 is 9.53 Å². The lowest BCUT2D eigenvalue weighted by Gasteiger charge is -2.36. The molecule has 0 aliphatic carbocycles. The van der Waals surface area contributed by atoms with E-state index < -0.39 is 5.60 Å². The predicted octanol–water partition coefficient (Wildman–Crippen LogP) is 3.89. The van der Waals surface area contributed by atoms with Crippen molar-refractivity contribution >= 4 is 28.7 Å². The SMILES string of the molecule is Cc1cnc(C2CCN(C(=O)NCC3(C)OCCc4sccc43)CC2)s1. The zero-order valence-corrected chi connectivity index (χ0v) is 16.9. The molecule has 1 saturated heterocycles. The summed E-state index contributed by atoms with van der Waals surface area (Å²) in [6, 6.07) is 2.15. The molecule has 26 heavy (non-hydrogen) atoms. The fourth-order valence-corrected chi connectivity index (χ4v) is 5.77. The summed E-state index contributed by atoms with van der Waals surface area (Å²) in [5, 5.41) is 6.44. The van der Waals surface area contributed by atoms with E-state index in [1.54, 1.807) is 22.7 Å². The standard InChI is InChI=1S/C19H25N3O2S2/c1-13-11-20-17(26-13)14-3-7-22(8-4-14)18(23)21-12-19(2)15-6-10-25-16(15)5-9-24-19/h6,10-11,14H,3-5,7-9,12H2,1-2H3,(H,21,23). The van der Waals surface area contributed by atoms with Gasteiger partial charge < -0.3 is 15.0 Å². The second-order valence-corrected chi connectivity index (χ2v) is 9.58. The minimum absolute atomic E-state index is 0.0194. The molecular weight excluding hydrogens is 366 g/mol. The maximum Gasteiger partial charge on any atom is 0.317 e. The zero-order chi connectivity index (χ0) is 18.1. The van der Waals surface area contributed by atoms with Gasteiger partial charge in [0.25, 0.3) is 0 Å². The van der Waals surface area contributed by atoms with Gasteiger partial charge in [0.15, 0.2) is 0 Å². The number of hydrogen-bond acceptors (Lipinski definition) is 5. The lowest BCUT2D eigenvalue weighted by Crippen LogP contribution is -2.49. The predicted molar refractivity (Wildman–Crippen MR) is 105 cm³/mol. The summed E-state index contributed by atoms with van der Waals surface area (Å²) >= 11 is 3.56. The number of carbonyl (C=O) groups is 1. The van der Waals surface area contributed by atoms with Crippen molar-refractivity contribution in [3.05, 3.63) is 38.0 Å². The molecule has 7 heteroatoms. The molecule has 2 aliphatic heterocycles. The normalized spacial score (nSPS) is 23.7. The van der Waals surface area contributed by atoms with E-state index in [9.17, 15) is 4.79 Å². The number of aryl methyl sites for hydroxylation is 1. The molecule has 4 heterocycles. The van der Waals surface area contributed by atoms with Crippen molar-refractivity contribution in [2.24, 2.45) is 0 Å². The van der Waals surface area contributed by atoms with E-state index in [1.165, 1.54) is 20.3 Å². The van der Waals surface area contributed by atoms with Crippen LogP contribution in [-0.2, 0) is 16.8 Å². The third-order valence-corrected chi connectivity index (χ3v) is 7.47. The first kappa shape index (κ1) is 17.9. The van der Waals surface area contributed by atoms with E-state index in [4.69, 9.17) is 4.74 Å². The number of thiophene rings is 1. The van der Waals surface area contributed by atoms with Gasteiger partial charge in [-0.3, -0.25) is 0 Å². The quantitative estimate of drug-likeness (QED) is 0.864. The van der Waals surface area contributed by atoms with Gasteiger partial charge in [-0.05, 0) is 43.7 Å². The summed E-state index contributed by atoms with van der Waals surface area (Å²) in [6.45, 7) is 6.98. The van der Waals surface area contributed by atoms with Crippen LogP contribution in [0.3, 0.4) is 0 Å². The molecule has 1 unspecified atom stereocenters. The van der Waals surface area contributed by atoms with Crippen LogP contribution in [0.15, 0.2) is 17.6 Å². The Balaban J connectivity index is 1.31. The Morgan fingerprint density at radius 2 is 2.27 bits per heavy atom. The van der Waals surface area contributed by atoms with Gasteiger partial charge in [-0.15, -0.1) is 22.7 Å². The van der Waals surface area contributed by atoms with E-state index in [0.717, 1.165) is 39.0 Å². The van der Waals surface area contributed by atoms with Crippen LogP contribution in [0.5, 0.6) is 0 Å². The maximum absolute atomic E-state index is 12.6. The highest BCUT2D eigenvalue weighted by molar-refractivity contribution is 7.11. The van der Waals surface area contributed by atoms with E-state index in [2.05, 4.69) is 35.6 Å². The third kappa shape index (κ3) is 3.52. The monoisotopic (exact) mass is 391 g/mol. The Kier molecular flexibility index (Phi) is 5.03. The minimum Gasteiger partial charge on any atom is -0.368 e. The minimum atomic E-state index is -0.417. The molecule has 2 aliphatic rings. The van der Waals surface area contributed by atoms with Crippen LogP contribution >= 0.6 is 22.7 Å². The van der Waals surface area contributed by atoms with Crippen LogP contribution in [0.2, 0.25) is 0 Å². The number of nitrogens with zero attached hydrogens (tertiary/aromatic N) is 2. The highest BCUT2D eigenvalue weighted by atomic mass is 32.1. The number of urea groups is 1. The Labute approximate surface area is 162 Å². The molecule has 0 radical (unpaired) electrons. The molecule has 0 spiro atoms. The Bertz CT molecular complexity index is 779. The second kappa shape index (κ2) is 7.29. The molecular formula is C19H25N3O2S2. The number of hydrogen-bond donors (Lipinski definition) is 1. The van der Waals surface area contributed by atoms with Crippen LogP contribution in [-0.4, -0.2) is 42.2 Å². The van der Waals surface area contributed by atoms with Crippen molar-refractivity contribution in [2.45, 2.75) is 44.6 Å². The summed E-state index contributed by atoms with van der Waals surface area (Å²) in [7, 11) is 0. The highest BCUT2D eigenvalue weighted by Gasteiger charge is 2.35. The summed E-state index contributed by atoms with van der Waals surface area (Å²) in [4.78, 5) is 21.7. The fourth-order valence-electron chi connectivity index (χ4n) is 3.84. The summed E-state index contributed by atoms with van der Waals surface area (Å²) in [6.07, 6.45) is 4.90. The van der Waals surface area contributed by atoms with Gasteiger partial charge in [-0.25, -0.2) is 9.78 Å². The van der Waals surface area contributed by atoms with Gasteiger partial charge in [0.05, 0.1) is 18.2 Å². The van der Waals surface area contributed by atoms with E-state index in [-0.39, 0.29) is 6.03 Å². The van der Waals surface area contributed by atoms with Crippen molar-refractivity contribution in [2.75, 3.05) is 26.2 Å². The number of likely N-dealkylation sites (tertiary alicyclic amines) is 1. The van der Waals surface area contributed by atoms with Crippen LogP contribution in [0.25, 0.3) is 0 Å². The molecule has 0 bridgehead atoms. The van der Waals surface area contributed by atoms with Gasteiger partial charge in [0, 0.05) is 41.4 Å². The number of carbonyl (C=O) groups excluding carboxylic acids is 1. The topological polar surface area (TPSA) is 54.5 Å². The van der Waals surface area contributed by atoms with Gasteiger partial charge in [-0.2, -0.15) is 0 Å². The molecule has 2 aromatic heterocycles. The second-order valence-electron chi connectivity index (χ2n) is 7.32. The van der Waals surface area contributed by atoms with Gasteiger partial charge in [0.1, 0.15) is 5.60 Å². The molecule has 140 valence electrons. The van der Waals surface area contributed by atoms with Gasteiger partial charge >= 0.3 is 6.03 Å². The molecule has 1 atom stereocenters. The Morgan fingerprint density at radius 1 is 1.46 bits per heavy atom. The first-order valence-corrected chi connectivity index (χ1v) is 10.9. The molecule has 2 amide bonds. The molecule has 1 N–H and O–H groups in total. The fraction of sp³-hybridized carbons (Fsp3) is 0.579. The van der Waals surface area contributed by atoms with Crippen LogP contribution in [0.1, 0.15) is 46.0 Å². The van der Waals surface area contributed by atoms with Crippen molar-refractivity contribution in [3.8, 4) is 0 Å². The molecule has 1 fully saturated rings. The first-order valence-electron chi connectivity index (χ1n) is 9.21. The number of aromatic nitrogens is 1. The number of nitrogens with one attached hydrogen (secondary N) is 1. The molecule has 2 aromatic rings. The van der Waals surface area contributed by atoms with Crippen molar-refractivity contribution in [3.63, 3.8) is 0 Å². The van der Waals surface area contributed by atoms with E-state index in [0.29, 0.717) is 12.5 Å². The molecule has 4 rings (SSSR count). The van der Waals surface area contributed by atoms with E-state index in [1.807, 2.05) is 11.1 Å². The molecule has 5 nitrogen and oxygen atoms in total. The van der Waals surface area contributed by atoms with Crippen LogP contribution < -0.4 is 5.32 Å². The molecule has 0 aromatic carbocycles. The largest absolute Gasteiger partial charge is 0.368 e. The summed E-state index contributed by atoms with van der Waals surface area (Å²) < 4.78 is 6.03. The summed E-state index contributed by atoms with van der Waals surface area (Å²) in [5.74, 6) is 0.491. The van der Waals surface area contributed by atoms with Crippen LogP contribution in [0.4, 0.5) is 4.79 Å². The van der Waals surface area contributed by atoms with Crippen molar-refractivity contribution in [1.29, 1.82) is 0 Å². The lowest BCUT2D eigenvalue weighted by molar-refractivity contribution is -0.0425. The first-order chi connectivity index (χ1) is 12.5. The lowest BCUT2D eigenvalue weighted by atomic mass is 9.93. The van der Waals surface area contributed by atoms with Crippen LogP contribution in [0, 0.1) is 6.92 Å². The number of fused-ring (bicyclic) bond motifs is 1. The average Bonchev–Trinajstić information content (AvgIpc) is 3.30. The number of ether oxygens (including phenoxy) is 1. The zero-order valence-electron chi connectivity index (χ0n) is 15.3. The number of piperidine rings is 1. The Morgan fingerprint density at radius 3 is 3.00 bits per heavy atom. The average molecular weight is 392 g/mol. The van der Waals surface area contributed by atoms with Gasteiger partial charge in [-0.1, -0.05) is 0 Å². The highest BCUT2D eigenvalue weighted by Crippen LogP contribution is 2.35. The van der Waals surface area contributed by atoms with Gasteiger partial charge in [0.2, 0.25) is 0 Å².